The molecule has 9 heteroatoms. The Labute approximate surface area is 248 Å². The van der Waals surface area contributed by atoms with E-state index in [2.05, 4.69) is 12.2 Å². The molecule has 0 aromatic carbocycles. The minimum Gasteiger partial charge on any atom is -0.777 e. The van der Waals surface area contributed by atoms with E-state index in [0.717, 1.165) is 19.3 Å². The first-order valence-corrected chi connectivity index (χ1v) is 14.2. The van der Waals surface area contributed by atoms with Crippen LogP contribution in [-0.2, 0) is 13.9 Å². The van der Waals surface area contributed by atoms with E-state index >= 15 is 0 Å². The molecule has 2 unspecified atom stereocenters. The van der Waals surface area contributed by atoms with Crippen molar-refractivity contribution in [2.45, 2.75) is 142 Å². The third-order valence-electron chi connectivity index (χ3n) is 5.79. The molecule has 33 heavy (non-hydrogen) atoms. The van der Waals surface area contributed by atoms with Crippen LogP contribution in [-0.4, -0.2) is 23.9 Å². The maximum Gasteiger partial charge on any atom is 1.00 e. The van der Waals surface area contributed by atoms with Crippen LogP contribution in [0.5, 0.6) is 0 Å². The first-order chi connectivity index (χ1) is 14.6. The second kappa shape index (κ2) is 23.9. The normalized spacial score (nSPS) is 14.1. The number of aliphatic carboxylic acids is 1. The van der Waals surface area contributed by atoms with Crippen molar-refractivity contribution in [3.8, 4) is 0 Å². The molecule has 0 fully saturated rings. The zero-order valence-electron chi connectivity index (χ0n) is 22.6. The van der Waals surface area contributed by atoms with Gasteiger partial charge in [-0.2, -0.15) is 0 Å². The average Bonchev–Trinajstić information content (AvgIpc) is 2.69. The number of rotatable bonds is 22. The third kappa shape index (κ3) is 22.5. The minimum atomic E-state index is -4.33. The number of carboxylic acid groups (broad SMARTS) is 1. The summed E-state index contributed by atoms with van der Waals surface area (Å²) in [6.07, 6.45) is 20.8. The SMILES string of the molecule is CCCCCCCCCCCCCCCCCCNC(C)P(=O)([O-])OC(C)(C)C(=O)[O-].[Na+].[Na+]. The van der Waals surface area contributed by atoms with Crippen molar-refractivity contribution < 1.29 is 83.0 Å². The van der Waals surface area contributed by atoms with Crippen LogP contribution in [0.25, 0.3) is 0 Å². The Hall–Kier alpha value is 1.58. The van der Waals surface area contributed by atoms with Crippen LogP contribution < -0.4 is 74.4 Å². The maximum atomic E-state index is 12.1. The fourth-order valence-electron chi connectivity index (χ4n) is 3.53. The van der Waals surface area contributed by atoms with Crippen molar-refractivity contribution in [2.75, 3.05) is 6.54 Å². The Morgan fingerprint density at radius 3 is 1.48 bits per heavy atom. The van der Waals surface area contributed by atoms with Crippen molar-refractivity contribution in [3.63, 3.8) is 0 Å². The molecule has 0 spiro atoms. The molecule has 6 nitrogen and oxygen atoms in total. The molecule has 0 aromatic heterocycles. The van der Waals surface area contributed by atoms with E-state index in [4.69, 9.17) is 4.52 Å². The van der Waals surface area contributed by atoms with Gasteiger partial charge in [0.15, 0.2) is 7.60 Å². The number of carbonyl (C=O) groups excluding carboxylic acids is 1. The van der Waals surface area contributed by atoms with E-state index < -0.39 is 24.9 Å². The Morgan fingerprint density at radius 1 is 0.818 bits per heavy atom. The van der Waals surface area contributed by atoms with E-state index in [1.807, 2.05) is 0 Å². The fourth-order valence-corrected chi connectivity index (χ4v) is 4.75. The molecule has 0 radical (unpaired) electrons. The molecule has 0 aliphatic carbocycles. The van der Waals surface area contributed by atoms with Gasteiger partial charge in [-0.15, -0.1) is 0 Å². The predicted molar refractivity (Wildman–Crippen MR) is 125 cm³/mol. The topological polar surface area (TPSA) is 102 Å². The summed E-state index contributed by atoms with van der Waals surface area (Å²) in [4.78, 5) is 23.0. The molecule has 0 saturated carbocycles. The summed E-state index contributed by atoms with van der Waals surface area (Å²) in [5, 5.41) is 13.9. The van der Waals surface area contributed by atoms with Crippen molar-refractivity contribution >= 4 is 13.6 Å². The molecule has 0 saturated heterocycles. The number of carboxylic acids is 1. The minimum absolute atomic E-state index is 0. The standard InChI is InChI=1S/C24H50NO5P.2Na/c1-5-6-7-8-9-10-11-12-13-14-15-16-17-18-19-20-21-25-22(2)31(28,29)30-24(3,4)23(26)27;;/h22,25H,5-21H2,1-4H3,(H,26,27)(H,28,29);;/q;2*+1/p-2. The summed E-state index contributed by atoms with van der Waals surface area (Å²) >= 11 is 0. The van der Waals surface area contributed by atoms with Crippen molar-refractivity contribution in [1.29, 1.82) is 0 Å². The number of carbonyl (C=O) groups is 1. The summed E-state index contributed by atoms with van der Waals surface area (Å²) < 4.78 is 16.9. The van der Waals surface area contributed by atoms with Gasteiger partial charge in [0.05, 0.1) is 11.8 Å². The Bertz CT molecular complexity index is 509. The second-order valence-corrected chi connectivity index (χ2v) is 11.4. The van der Waals surface area contributed by atoms with E-state index in [9.17, 15) is 19.4 Å². The van der Waals surface area contributed by atoms with Crippen LogP contribution in [0.15, 0.2) is 0 Å². The number of unbranched alkanes of at least 4 members (excludes halogenated alkanes) is 15. The molecule has 0 heterocycles. The summed E-state index contributed by atoms with van der Waals surface area (Å²) in [5.74, 6) is -2.48. The van der Waals surface area contributed by atoms with Crippen LogP contribution in [0.4, 0.5) is 0 Å². The van der Waals surface area contributed by atoms with Crippen LogP contribution in [0.2, 0.25) is 0 Å². The van der Waals surface area contributed by atoms with Crippen molar-refractivity contribution in [1.82, 2.24) is 5.32 Å². The Morgan fingerprint density at radius 2 is 1.15 bits per heavy atom. The fraction of sp³-hybridized carbons (Fsp3) is 0.958. The van der Waals surface area contributed by atoms with E-state index in [1.54, 1.807) is 0 Å². The van der Waals surface area contributed by atoms with Gasteiger partial charge in [-0.05, 0) is 33.7 Å². The molecule has 0 amide bonds. The van der Waals surface area contributed by atoms with Gasteiger partial charge in [-0.3, -0.25) is 0 Å². The van der Waals surface area contributed by atoms with Gasteiger partial charge in [0.1, 0.15) is 5.60 Å². The molecule has 0 bridgehead atoms. The first kappa shape index (κ1) is 39.1. The smallest absolute Gasteiger partial charge is 0.777 e. The Balaban J connectivity index is -0.00000450. The van der Waals surface area contributed by atoms with E-state index in [-0.39, 0.29) is 59.1 Å². The molecule has 0 aliphatic heterocycles. The molecule has 2 atom stereocenters. The van der Waals surface area contributed by atoms with Gasteiger partial charge in [-0.1, -0.05) is 103 Å². The quantitative estimate of drug-likeness (QED) is 0.118. The van der Waals surface area contributed by atoms with E-state index in [1.165, 1.54) is 104 Å². The molecular weight excluding hydrogens is 459 g/mol. The summed E-state index contributed by atoms with van der Waals surface area (Å²) in [7, 11) is -4.33. The molecule has 1 N–H and O–H groups in total. The molecular formula is C24H48NNa2O5P. The van der Waals surface area contributed by atoms with E-state index in [0.29, 0.717) is 6.54 Å². The second-order valence-electron chi connectivity index (χ2n) is 9.36. The van der Waals surface area contributed by atoms with Gasteiger partial charge in [0.25, 0.3) is 0 Å². The summed E-state index contributed by atoms with van der Waals surface area (Å²) in [6.45, 7) is 6.66. The zero-order chi connectivity index (χ0) is 23.6. The number of nitrogens with one attached hydrogen (secondary N) is 1. The molecule has 0 aliphatic rings. The predicted octanol–water partition coefficient (Wildman–Crippen LogP) is -0.710. The maximum absolute atomic E-state index is 12.1. The first-order valence-electron chi connectivity index (χ1n) is 12.6. The van der Waals surface area contributed by atoms with Crippen molar-refractivity contribution in [3.05, 3.63) is 0 Å². The number of hydrogen-bond acceptors (Lipinski definition) is 6. The van der Waals surface area contributed by atoms with Gasteiger partial charge in [0.2, 0.25) is 0 Å². The molecule has 186 valence electrons. The van der Waals surface area contributed by atoms with Crippen LogP contribution in [0.1, 0.15) is 130 Å². The zero-order valence-corrected chi connectivity index (χ0v) is 27.5. The van der Waals surface area contributed by atoms with Gasteiger partial charge >= 0.3 is 59.1 Å². The van der Waals surface area contributed by atoms with Crippen LogP contribution in [0, 0.1) is 0 Å². The van der Waals surface area contributed by atoms with Crippen LogP contribution >= 0.6 is 7.60 Å². The largest absolute Gasteiger partial charge is 1.00 e. The van der Waals surface area contributed by atoms with Gasteiger partial charge in [0, 0.05) is 0 Å². The third-order valence-corrected chi connectivity index (χ3v) is 7.63. The summed E-state index contributed by atoms with van der Waals surface area (Å²) in [6, 6.07) is 0. The van der Waals surface area contributed by atoms with Crippen molar-refractivity contribution in [2.24, 2.45) is 0 Å². The van der Waals surface area contributed by atoms with Gasteiger partial charge in [-0.25, -0.2) is 0 Å². The molecule has 0 rings (SSSR count). The average molecular weight is 508 g/mol. The summed E-state index contributed by atoms with van der Waals surface area (Å²) in [5.41, 5.74) is -1.86. The van der Waals surface area contributed by atoms with Crippen LogP contribution in [0.3, 0.4) is 0 Å². The molecule has 0 aromatic rings. The Kier molecular flexibility index (Phi) is 28.4. The number of hydrogen-bond donors (Lipinski definition) is 1. The van der Waals surface area contributed by atoms with Gasteiger partial charge < -0.3 is 29.2 Å². The monoisotopic (exact) mass is 507 g/mol.